The molecule has 4 rings (SSSR count). The molecule has 0 spiro atoms. The molecular weight excluding hydrogens is 406 g/mol. The Morgan fingerprint density at radius 3 is 2.34 bits per heavy atom. The van der Waals surface area contributed by atoms with Gasteiger partial charge in [0.25, 0.3) is 0 Å². The lowest BCUT2D eigenvalue weighted by Gasteiger charge is -2.35. The van der Waals surface area contributed by atoms with E-state index in [4.69, 9.17) is 0 Å². The first-order chi connectivity index (χ1) is 15.1. The molecule has 32 heavy (non-hydrogen) atoms. The number of carbonyl (C=O) groups excluding carboxylic acids is 2. The highest BCUT2D eigenvalue weighted by Crippen LogP contribution is 2.26. The van der Waals surface area contributed by atoms with Crippen molar-refractivity contribution in [2.75, 3.05) is 19.6 Å². The van der Waals surface area contributed by atoms with Gasteiger partial charge >= 0.3 is 5.69 Å². The Bertz CT molecular complexity index is 1050. The first kappa shape index (κ1) is 22.3. The van der Waals surface area contributed by atoms with Crippen molar-refractivity contribution in [1.29, 1.82) is 0 Å². The van der Waals surface area contributed by atoms with Crippen molar-refractivity contribution < 1.29 is 9.59 Å². The van der Waals surface area contributed by atoms with Crippen molar-refractivity contribution in [1.82, 2.24) is 24.1 Å². The molecule has 1 saturated heterocycles. The second-order valence-corrected chi connectivity index (χ2v) is 10.3. The lowest BCUT2D eigenvalue weighted by Crippen LogP contribution is -2.50. The molecular formula is C24H33N5O3. The van der Waals surface area contributed by atoms with Gasteiger partial charge in [0.15, 0.2) is 5.82 Å². The van der Waals surface area contributed by atoms with Crippen molar-refractivity contribution in [3.05, 3.63) is 51.7 Å². The zero-order chi connectivity index (χ0) is 23.0. The standard InChI is InChI=1S/C24H33N5O3/c1-17-7-9-18(10-8-17)14-28-23(32)29-19(22(31)26-11-5-6-12-26)15-27(16-20(29)25-28)21(30)13-24(2,3)4/h7-10,19H,5-6,11-16H2,1-4H3. The monoisotopic (exact) mass is 439 g/mol. The third-order valence-electron chi connectivity index (χ3n) is 6.17. The summed E-state index contributed by atoms with van der Waals surface area (Å²) < 4.78 is 2.94. The van der Waals surface area contributed by atoms with E-state index in [9.17, 15) is 14.4 Å². The fraction of sp³-hybridized carbons (Fsp3) is 0.583. The van der Waals surface area contributed by atoms with Crippen molar-refractivity contribution in [2.45, 2.75) is 66.1 Å². The first-order valence-corrected chi connectivity index (χ1v) is 11.4. The summed E-state index contributed by atoms with van der Waals surface area (Å²) in [6.45, 7) is 10.3. The number of carbonyl (C=O) groups is 2. The predicted molar refractivity (Wildman–Crippen MR) is 121 cm³/mol. The molecule has 0 bridgehead atoms. The van der Waals surface area contributed by atoms with Gasteiger partial charge in [-0.2, -0.15) is 5.10 Å². The van der Waals surface area contributed by atoms with Gasteiger partial charge in [-0.25, -0.2) is 9.48 Å². The molecule has 1 atom stereocenters. The van der Waals surface area contributed by atoms with Crippen molar-refractivity contribution in [2.24, 2.45) is 5.41 Å². The molecule has 172 valence electrons. The fourth-order valence-electron chi connectivity index (χ4n) is 4.47. The number of aryl methyl sites for hydroxylation is 1. The highest BCUT2D eigenvalue weighted by atomic mass is 16.2. The van der Waals surface area contributed by atoms with Gasteiger partial charge in [0.05, 0.1) is 19.6 Å². The summed E-state index contributed by atoms with van der Waals surface area (Å²) in [5, 5.41) is 4.56. The summed E-state index contributed by atoms with van der Waals surface area (Å²) >= 11 is 0. The van der Waals surface area contributed by atoms with Crippen LogP contribution in [0.25, 0.3) is 0 Å². The van der Waals surface area contributed by atoms with Gasteiger partial charge in [0.2, 0.25) is 11.8 Å². The number of hydrogen-bond donors (Lipinski definition) is 0. The molecule has 3 heterocycles. The number of aromatic nitrogens is 3. The van der Waals surface area contributed by atoms with Gasteiger partial charge in [0, 0.05) is 19.5 Å². The molecule has 2 aromatic rings. The average molecular weight is 440 g/mol. The topological polar surface area (TPSA) is 80.4 Å². The summed E-state index contributed by atoms with van der Waals surface area (Å²) in [4.78, 5) is 43.2. The van der Waals surface area contributed by atoms with Crippen LogP contribution in [-0.4, -0.2) is 55.6 Å². The van der Waals surface area contributed by atoms with Gasteiger partial charge in [-0.3, -0.25) is 14.2 Å². The molecule has 8 heteroatoms. The SMILES string of the molecule is Cc1ccc(Cn2nc3n(c2=O)C(C(=O)N2CCCC2)CN(C(=O)CC(C)(C)C)C3)cc1. The van der Waals surface area contributed by atoms with Gasteiger partial charge in [-0.15, -0.1) is 0 Å². The second-order valence-electron chi connectivity index (χ2n) is 10.3. The summed E-state index contributed by atoms with van der Waals surface area (Å²) in [5.41, 5.74) is 1.67. The lowest BCUT2D eigenvalue weighted by atomic mass is 9.91. The van der Waals surface area contributed by atoms with E-state index in [1.165, 1.54) is 9.25 Å². The molecule has 0 radical (unpaired) electrons. The number of hydrogen-bond acceptors (Lipinski definition) is 4. The molecule has 2 aliphatic rings. The van der Waals surface area contributed by atoms with Crippen LogP contribution in [-0.2, 0) is 22.7 Å². The molecule has 2 amide bonds. The predicted octanol–water partition coefficient (Wildman–Crippen LogP) is 2.34. The van der Waals surface area contributed by atoms with E-state index < -0.39 is 6.04 Å². The van der Waals surface area contributed by atoms with Gasteiger partial charge in [0.1, 0.15) is 6.04 Å². The highest BCUT2D eigenvalue weighted by molar-refractivity contribution is 5.83. The minimum atomic E-state index is -0.722. The lowest BCUT2D eigenvalue weighted by molar-refractivity contribution is -0.140. The normalized spacial score (nSPS) is 18.7. The molecule has 0 saturated carbocycles. The molecule has 2 aliphatic heterocycles. The minimum Gasteiger partial charge on any atom is -0.341 e. The molecule has 1 aromatic carbocycles. The summed E-state index contributed by atoms with van der Waals surface area (Å²) in [7, 11) is 0. The number of benzene rings is 1. The van der Waals surface area contributed by atoms with E-state index in [-0.39, 0.29) is 36.0 Å². The van der Waals surface area contributed by atoms with Crippen LogP contribution in [0.15, 0.2) is 29.1 Å². The second kappa shape index (κ2) is 8.56. The van der Waals surface area contributed by atoms with E-state index in [0.29, 0.717) is 31.9 Å². The van der Waals surface area contributed by atoms with Gasteiger partial charge in [-0.05, 0) is 30.7 Å². The summed E-state index contributed by atoms with van der Waals surface area (Å²) in [6.07, 6.45) is 2.32. The van der Waals surface area contributed by atoms with E-state index >= 15 is 0 Å². The van der Waals surface area contributed by atoms with E-state index in [0.717, 1.165) is 24.0 Å². The zero-order valence-electron chi connectivity index (χ0n) is 19.5. The molecule has 0 aliphatic carbocycles. The van der Waals surface area contributed by atoms with Gasteiger partial charge in [-0.1, -0.05) is 50.6 Å². The van der Waals surface area contributed by atoms with Crippen LogP contribution in [0.2, 0.25) is 0 Å². The van der Waals surface area contributed by atoms with Crippen LogP contribution in [0.3, 0.4) is 0 Å². The average Bonchev–Trinajstić information content (AvgIpc) is 3.36. The van der Waals surface area contributed by atoms with Gasteiger partial charge < -0.3 is 9.80 Å². The maximum Gasteiger partial charge on any atom is 0.347 e. The van der Waals surface area contributed by atoms with E-state index in [2.05, 4.69) is 5.10 Å². The number of fused-ring (bicyclic) bond motifs is 1. The zero-order valence-corrected chi connectivity index (χ0v) is 19.5. The first-order valence-electron chi connectivity index (χ1n) is 11.4. The van der Waals surface area contributed by atoms with Crippen molar-refractivity contribution in [3.63, 3.8) is 0 Å². The number of amides is 2. The number of rotatable bonds is 4. The molecule has 1 aromatic heterocycles. The Kier molecular flexibility index (Phi) is 5.97. The molecule has 0 N–H and O–H groups in total. The highest BCUT2D eigenvalue weighted by Gasteiger charge is 2.39. The van der Waals surface area contributed by atoms with E-state index in [1.807, 2.05) is 56.9 Å². The van der Waals surface area contributed by atoms with Crippen LogP contribution < -0.4 is 5.69 Å². The molecule has 1 unspecified atom stereocenters. The Labute approximate surface area is 188 Å². The third-order valence-corrected chi connectivity index (χ3v) is 6.17. The summed E-state index contributed by atoms with van der Waals surface area (Å²) in [6, 6.07) is 7.24. The largest absolute Gasteiger partial charge is 0.347 e. The number of nitrogens with zero attached hydrogens (tertiary/aromatic N) is 5. The quantitative estimate of drug-likeness (QED) is 0.732. The molecule has 1 fully saturated rings. The van der Waals surface area contributed by atoms with Crippen LogP contribution in [0, 0.1) is 12.3 Å². The third kappa shape index (κ3) is 4.64. The maximum atomic E-state index is 13.4. The van der Waals surface area contributed by atoms with Crippen LogP contribution in [0.4, 0.5) is 0 Å². The van der Waals surface area contributed by atoms with Crippen LogP contribution >= 0.6 is 0 Å². The van der Waals surface area contributed by atoms with Crippen molar-refractivity contribution in [3.8, 4) is 0 Å². The smallest absolute Gasteiger partial charge is 0.341 e. The number of likely N-dealkylation sites (tertiary alicyclic amines) is 1. The Hall–Kier alpha value is -2.90. The van der Waals surface area contributed by atoms with E-state index in [1.54, 1.807) is 4.90 Å². The van der Waals surface area contributed by atoms with Crippen molar-refractivity contribution >= 4 is 11.8 Å². The Balaban J connectivity index is 1.67. The Morgan fingerprint density at radius 1 is 1.06 bits per heavy atom. The van der Waals surface area contributed by atoms with Crippen LogP contribution in [0.1, 0.15) is 63.0 Å². The van der Waals surface area contributed by atoms with Crippen LogP contribution in [0.5, 0.6) is 0 Å². The maximum absolute atomic E-state index is 13.4. The summed E-state index contributed by atoms with van der Waals surface area (Å²) in [5.74, 6) is 0.380. The Morgan fingerprint density at radius 2 is 1.72 bits per heavy atom. The minimum absolute atomic E-state index is 0.0106. The molecule has 8 nitrogen and oxygen atoms in total. The fourth-order valence-corrected chi connectivity index (χ4v) is 4.47.